The van der Waals surface area contributed by atoms with Gasteiger partial charge in [0.05, 0.1) is 25.9 Å². The zero-order valence-corrected chi connectivity index (χ0v) is 16.3. The maximum atomic E-state index is 12.4. The van der Waals surface area contributed by atoms with Gasteiger partial charge in [-0.3, -0.25) is 14.5 Å². The number of amides is 2. The van der Waals surface area contributed by atoms with Crippen LogP contribution in [0.15, 0.2) is 18.2 Å². The molecule has 0 spiro atoms. The molecule has 144 valence electrons. The van der Waals surface area contributed by atoms with Crippen LogP contribution >= 0.6 is 11.6 Å². The number of likely N-dealkylation sites (N-methyl/N-ethyl adjacent to an activating group) is 1. The quantitative estimate of drug-likeness (QED) is 0.822. The van der Waals surface area contributed by atoms with Crippen molar-refractivity contribution in [2.24, 2.45) is 0 Å². The SMILES string of the molecule is COc1ccc(Cl)cc1NC(=O)CN(C)C(=O)CN1CCCCCCC1. The summed E-state index contributed by atoms with van der Waals surface area (Å²) >= 11 is 5.97. The minimum atomic E-state index is -0.283. The molecule has 0 aliphatic carbocycles. The highest BCUT2D eigenvalue weighted by Gasteiger charge is 2.18. The standard InChI is InChI=1S/C19H28ClN3O3/c1-22(19(25)14-23-10-6-4-3-5-7-11-23)13-18(24)21-16-12-15(20)8-9-17(16)26-2/h8-9,12H,3-7,10-11,13-14H2,1-2H3,(H,21,24). The molecule has 1 aromatic carbocycles. The van der Waals surface area contributed by atoms with Gasteiger partial charge in [-0.2, -0.15) is 0 Å². The van der Waals surface area contributed by atoms with E-state index < -0.39 is 0 Å². The second-order valence-electron chi connectivity index (χ2n) is 6.69. The fraction of sp³-hybridized carbons (Fsp3) is 0.579. The molecule has 1 heterocycles. The first kappa shape index (κ1) is 20.5. The number of rotatable bonds is 6. The van der Waals surface area contributed by atoms with E-state index in [1.807, 2.05) is 0 Å². The summed E-state index contributed by atoms with van der Waals surface area (Å²) in [5.41, 5.74) is 0.495. The Morgan fingerprint density at radius 1 is 1.19 bits per heavy atom. The molecule has 0 saturated carbocycles. The summed E-state index contributed by atoms with van der Waals surface area (Å²) in [6, 6.07) is 5.00. The van der Waals surface area contributed by atoms with Crippen LogP contribution in [-0.2, 0) is 9.59 Å². The Labute approximate surface area is 160 Å². The summed E-state index contributed by atoms with van der Waals surface area (Å²) in [6.07, 6.45) is 6.00. The van der Waals surface area contributed by atoms with Crippen molar-refractivity contribution >= 4 is 29.1 Å². The number of likely N-dealkylation sites (tertiary alicyclic amines) is 1. The van der Waals surface area contributed by atoms with Crippen molar-refractivity contribution in [2.75, 3.05) is 45.7 Å². The molecule has 1 fully saturated rings. The predicted octanol–water partition coefficient (Wildman–Crippen LogP) is 3.01. The van der Waals surface area contributed by atoms with E-state index in [1.165, 1.54) is 31.3 Å². The number of halogens is 1. The van der Waals surface area contributed by atoms with Gasteiger partial charge in [-0.15, -0.1) is 0 Å². The molecule has 26 heavy (non-hydrogen) atoms. The van der Waals surface area contributed by atoms with Gasteiger partial charge in [-0.25, -0.2) is 0 Å². The fourth-order valence-electron chi connectivity index (χ4n) is 3.05. The lowest BCUT2D eigenvalue weighted by Crippen LogP contribution is -2.42. The van der Waals surface area contributed by atoms with Gasteiger partial charge in [0.25, 0.3) is 0 Å². The molecule has 0 unspecified atom stereocenters. The van der Waals surface area contributed by atoms with Crippen molar-refractivity contribution in [3.05, 3.63) is 23.2 Å². The topological polar surface area (TPSA) is 61.9 Å². The van der Waals surface area contributed by atoms with E-state index in [4.69, 9.17) is 16.3 Å². The molecule has 2 rings (SSSR count). The van der Waals surface area contributed by atoms with Crippen LogP contribution < -0.4 is 10.1 Å². The predicted molar refractivity (Wildman–Crippen MR) is 104 cm³/mol. The van der Waals surface area contributed by atoms with E-state index >= 15 is 0 Å². The number of hydrogen-bond acceptors (Lipinski definition) is 4. The van der Waals surface area contributed by atoms with Gasteiger partial charge < -0.3 is 15.0 Å². The Morgan fingerprint density at radius 3 is 2.50 bits per heavy atom. The third-order valence-corrected chi connectivity index (χ3v) is 4.78. The summed E-state index contributed by atoms with van der Waals surface area (Å²) in [5.74, 6) is 0.199. The Hall–Kier alpha value is -1.79. The van der Waals surface area contributed by atoms with Crippen LogP contribution in [0.3, 0.4) is 0 Å². The zero-order valence-electron chi connectivity index (χ0n) is 15.6. The van der Waals surface area contributed by atoms with Gasteiger partial charge in [0.1, 0.15) is 5.75 Å². The maximum Gasteiger partial charge on any atom is 0.244 e. The molecule has 1 aromatic rings. The lowest BCUT2D eigenvalue weighted by atomic mass is 10.1. The smallest absolute Gasteiger partial charge is 0.244 e. The Bertz CT molecular complexity index is 616. The van der Waals surface area contributed by atoms with Gasteiger partial charge in [0.15, 0.2) is 0 Å². The number of anilines is 1. The van der Waals surface area contributed by atoms with E-state index in [-0.39, 0.29) is 18.4 Å². The van der Waals surface area contributed by atoms with Gasteiger partial charge in [0.2, 0.25) is 11.8 Å². The van der Waals surface area contributed by atoms with Gasteiger partial charge in [-0.1, -0.05) is 30.9 Å². The normalized spacial score (nSPS) is 15.7. The molecular weight excluding hydrogens is 354 g/mol. The van der Waals surface area contributed by atoms with E-state index in [0.717, 1.165) is 25.9 Å². The summed E-state index contributed by atoms with van der Waals surface area (Å²) in [7, 11) is 3.18. The number of methoxy groups -OCH3 is 1. The van der Waals surface area contributed by atoms with Gasteiger partial charge >= 0.3 is 0 Å². The first-order chi connectivity index (χ1) is 12.5. The van der Waals surface area contributed by atoms with Crippen LogP contribution in [-0.4, -0.2) is 62.0 Å². The third-order valence-electron chi connectivity index (χ3n) is 4.55. The second kappa shape index (κ2) is 10.4. The average molecular weight is 382 g/mol. The van der Waals surface area contributed by atoms with Crippen molar-refractivity contribution in [3.8, 4) is 5.75 Å². The minimum Gasteiger partial charge on any atom is -0.495 e. The van der Waals surface area contributed by atoms with Crippen LogP contribution in [0.5, 0.6) is 5.75 Å². The van der Waals surface area contributed by atoms with Crippen molar-refractivity contribution in [1.29, 1.82) is 0 Å². The molecule has 2 amide bonds. The number of carbonyl (C=O) groups excluding carboxylic acids is 2. The Kier molecular flexibility index (Phi) is 8.19. The third kappa shape index (κ3) is 6.50. The number of carbonyl (C=O) groups is 2. The highest BCUT2D eigenvalue weighted by Crippen LogP contribution is 2.27. The molecule has 0 radical (unpaired) electrons. The van der Waals surface area contributed by atoms with Crippen molar-refractivity contribution < 1.29 is 14.3 Å². The van der Waals surface area contributed by atoms with E-state index in [9.17, 15) is 9.59 Å². The molecule has 7 heteroatoms. The highest BCUT2D eigenvalue weighted by molar-refractivity contribution is 6.31. The zero-order chi connectivity index (χ0) is 18.9. The maximum absolute atomic E-state index is 12.4. The van der Waals surface area contributed by atoms with Crippen molar-refractivity contribution in [2.45, 2.75) is 32.1 Å². The highest BCUT2D eigenvalue weighted by atomic mass is 35.5. The lowest BCUT2D eigenvalue weighted by Gasteiger charge is -2.26. The largest absolute Gasteiger partial charge is 0.495 e. The molecule has 0 bridgehead atoms. The molecule has 1 saturated heterocycles. The number of nitrogens with one attached hydrogen (secondary N) is 1. The van der Waals surface area contributed by atoms with E-state index in [2.05, 4.69) is 10.2 Å². The van der Waals surface area contributed by atoms with Crippen LogP contribution in [0.4, 0.5) is 5.69 Å². The first-order valence-corrected chi connectivity index (χ1v) is 9.47. The van der Waals surface area contributed by atoms with Crippen LogP contribution in [0.25, 0.3) is 0 Å². The molecule has 1 aliphatic rings. The van der Waals surface area contributed by atoms with Crippen molar-refractivity contribution in [1.82, 2.24) is 9.80 Å². The molecule has 0 aromatic heterocycles. The van der Waals surface area contributed by atoms with Crippen molar-refractivity contribution in [3.63, 3.8) is 0 Å². The van der Waals surface area contributed by atoms with E-state index in [0.29, 0.717) is 23.0 Å². The number of benzene rings is 1. The monoisotopic (exact) mass is 381 g/mol. The summed E-state index contributed by atoms with van der Waals surface area (Å²) < 4.78 is 5.22. The molecule has 1 aliphatic heterocycles. The fourth-order valence-corrected chi connectivity index (χ4v) is 3.23. The van der Waals surface area contributed by atoms with Crippen LogP contribution in [0.2, 0.25) is 5.02 Å². The summed E-state index contributed by atoms with van der Waals surface area (Å²) in [5, 5.41) is 3.26. The first-order valence-electron chi connectivity index (χ1n) is 9.09. The average Bonchev–Trinajstić information content (AvgIpc) is 2.57. The van der Waals surface area contributed by atoms with Gasteiger partial charge in [-0.05, 0) is 44.1 Å². The second-order valence-corrected chi connectivity index (χ2v) is 7.12. The summed E-state index contributed by atoms with van der Waals surface area (Å²) in [6.45, 7) is 2.25. The summed E-state index contributed by atoms with van der Waals surface area (Å²) in [4.78, 5) is 28.4. The molecular formula is C19H28ClN3O3. The minimum absolute atomic E-state index is 0.0116. The number of nitrogens with zero attached hydrogens (tertiary/aromatic N) is 2. The lowest BCUT2D eigenvalue weighted by molar-refractivity contribution is -0.134. The molecule has 0 atom stereocenters. The van der Waals surface area contributed by atoms with Crippen LogP contribution in [0, 0.1) is 0 Å². The molecule has 6 nitrogen and oxygen atoms in total. The van der Waals surface area contributed by atoms with E-state index in [1.54, 1.807) is 25.2 Å². The Balaban J connectivity index is 1.85. The Morgan fingerprint density at radius 2 is 1.85 bits per heavy atom. The number of ether oxygens (including phenoxy) is 1. The van der Waals surface area contributed by atoms with Gasteiger partial charge in [0, 0.05) is 12.1 Å². The van der Waals surface area contributed by atoms with Crippen LogP contribution in [0.1, 0.15) is 32.1 Å². The molecule has 1 N–H and O–H groups in total. The number of hydrogen-bond donors (Lipinski definition) is 1.